The Labute approximate surface area is 124 Å². The number of fused-ring (bicyclic) bond motifs is 1. The quantitative estimate of drug-likeness (QED) is 0.938. The third kappa shape index (κ3) is 2.03. The molecule has 3 nitrogen and oxygen atoms in total. The lowest BCUT2D eigenvalue weighted by molar-refractivity contribution is 0.217. The first kappa shape index (κ1) is 13.6. The van der Waals surface area contributed by atoms with E-state index >= 15 is 0 Å². The average molecular weight is 288 g/mol. The van der Waals surface area contributed by atoms with Gasteiger partial charge in [-0.1, -0.05) is 32.0 Å². The zero-order valence-corrected chi connectivity index (χ0v) is 13.0. The maximum atomic E-state index is 5.79. The fourth-order valence-corrected chi connectivity index (χ4v) is 3.96. The number of benzene rings is 1. The molecule has 1 aromatic heterocycles. The molecule has 0 radical (unpaired) electrons. The van der Waals surface area contributed by atoms with Crippen LogP contribution in [-0.2, 0) is 5.54 Å². The van der Waals surface area contributed by atoms with Crippen LogP contribution in [0.2, 0.25) is 0 Å². The van der Waals surface area contributed by atoms with Crippen molar-refractivity contribution in [3.8, 4) is 5.75 Å². The van der Waals surface area contributed by atoms with Crippen LogP contribution in [0.15, 0.2) is 29.6 Å². The standard InChI is InChI=1S/C16H20N2OS/c1-11(2)13-10-20-15(18-13)16(17-3)8-9-19-14-7-5-4-6-12(14)16/h4-7,10-11,17H,8-9H2,1-3H3. The molecule has 20 heavy (non-hydrogen) atoms. The van der Waals surface area contributed by atoms with Gasteiger partial charge in [0.05, 0.1) is 12.3 Å². The molecule has 1 atom stereocenters. The number of nitrogens with zero attached hydrogens (tertiary/aromatic N) is 1. The molecule has 1 aromatic carbocycles. The molecule has 4 heteroatoms. The van der Waals surface area contributed by atoms with Crippen LogP contribution in [0.3, 0.4) is 0 Å². The largest absolute Gasteiger partial charge is 0.493 e. The number of hydrogen-bond acceptors (Lipinski definition) is 4. The molecule has 106 valence electrons. The molecule has 2 aromatic rings. The lowest BCUT2D eigenvalue weighted by Gasteiger charge is -2.37. The SMILES string of the molecule is CNC1(c2nc(C(C)C)cs2)CCOc2ccccc21. The molecular weight excluding hydrogens is 268 g/mol. The minimum atomic E-state index is -0.216. The van der Waals surface area contributed by atoms with Gasteiger partial charge in [0.25, 0.3) is 0 Å². The summed E-state index contributed by atoms with van der Waals surface area (Å²) < 4.78 is 5.79. The van der Waals surface area contributed by atoms with Gasteiger partial charge in [-0.3, -0.25) is 0 Å². The molecule has 1 N–H and O–H groups in total. The van der Waals surface area contributed by atoms with Gasteiger partial charge < -0.3 is 10.1 Å². The van der Waals surface area contributed by atoms with Gasteiger partial charge in [0, 0.05) is 17.4 Å². The predicted molar refractivity (Wildman–Crippen MR) is 82.6 cm³/mol. The zero-order chi connectivity index (χ0) is 14.2. The number of thiazole rings is 1. The first-order chi connectivity index (χ1) is 9.67. The van der Waals surface area contributed by atoms with E-state index in [0.29, 0.717) is 12.5 Å². The molecule has 0 saturated carbocycles. The maximum absolute atomic E-state index is 5.79. The highest BCUT2D eigenvalue weighted by molar-refractivity contribution is 7.09. The molecule has 0 saturated heterocycles. The molecule has 0 spiro atoms. The average Bonchev–Trinajstić information content (AvgIpc) is 2.97. The van der Waals surface area contributed by atoms with Crippen molar-refractivity contribution >= 4 is 11.3 Å². The molecule has 0 amide bonds. The van der Waals surface area contributed by atoms with Crippen LogP contribution in [0.1, 0.15) is 42.5 Å². The summed E-state index contributed by atoms with van der Waals surface area (Å²) >= 11 is 1.74. The van der Waals surface area contributed by atoms with Gasteiger partial charge in [0.15, 0.2) is 0 Å². The van der Waals surface area contributed by atoms with E-state index in [1.807, 2.05) is 19.2 Å². The lowest BCUT2D eigenvalue weighted by Crippen LogP contribution is -2.45. The molecule has 1 aliphatic rings. The van der Waals surface area contributed by atoms with Crippen LogP contribution in [0.4, 0.5) is 0 Å². The predicted octanol–water partition coefficient (Wildman–Crippen LogP) is 3.51. The number of para-hydroxylation sites is 1. The van der Waals surface area contributed by atoms with Crippen molar-refractivity contribution in [2.75, 3.05) is 13.7 Å². The van der Waals surface area contributed by atoms with E-state index in [2.05, 4.69) is 36.7 Å². The van der Waals surface area contributed by atoms with Gasteiger partial charge in [0.1, 0.15) is 16.3 Å². The minimum absolute atomic E-state index is 0.216. The van der Waals surface area contributed by atoms with E-state index in [9.17, 15) is 0 Å². The van der Waals surface area contributed by atoms with E-state index < -0.39 is 0 Å². The Morgan fingerprint density at radius 1 is 1.35 bits per heavy atom. The molecule has 0 aliphatic carbocycles. The molecular formula is C16H20N2OS. The third-order valence-corrected chi connectivity index (χ3v) is 5.01. The number of rotatable bonds is 3. The molecule has 3 rings (SSSR count). The zero-order valence-electron chi connectivity index (χ0n) is 12.1. The van der Waals surface area contributed by atoms with Gasteiger partial charge in [-0.15, -0.1) is 11.3 Å². The van der Waals surface area contributed by atoms with Crippen LogP contribution in [-0.4, -0.2) is 18.6 Å². The van der Waals surface area contributed by atoms with E-state index in [-0.39, 0.29) is 5.54 Å². The molecule has 2 heterocycles. The second-order valence-electron chi connectivity index (χ2n) is 5.48. The monoisotopic (exact) mass is 288 g/mol. The number of nitrogens with one attached hydrogen (secondary N) is 1. The fraction of sp³-hybridized carbons (Fsp3) is 0.438. The van der Waals surface area contributed by atoms with Crippen LogP contribution in [0.5, 0.6) is 5.75 Å². The Morgan fingerprint density at radius 3 is 2.85 bits per heavy atom. The number of ether oxygens (including phenoxy) is 1. The minimum Gasteiger partial charge on any atom is -0.493 e. The van der Waals surface area contributed by atoms with Crippen LogP contribution < -0.4 is 10.1 Å². The van der Waals surface area contributed by atoms with Crippen LogP contribution in [0, 0.1) is 0 Å². The molecule has 1 aliphatic heterocycles. The Kier molecular flexibility index (Phi) is 3.52. The van der Waals surface area contributed by atoms with Gasteiger partial charge in [0.2, 0.25) is 0 Å². The molecule has 0 bridgehead atoms. The van der Waals surface area contributed by atoms with Crippen molar-refractivity contribution in [3.05, 3.63) is 45.9 Å². The van der Waals surface area contributed by atoms with E-state index in [0.717, 1.165) is 17.2 Å². The lowest BCUT2D eigenvalue weighted by atomic mass is 9.85. The van der Waals surface area contributed by atoms with Gasteiger partial charge in [-0.05, 0) is 19.0 Å². The Hall–Kier alpha value is -1.39. The Balaban J connectivity index is 2.12. The second kappa shape index (κ2) is 5.19. The number of hydrogen-bond donors (Lipinski definition) is 1. The fourth-order valence-electron chi connectivity index (χ4n) is 2.73. The van der Waals surface area contributed by atoms with Crippen LogP contribution >= 0.6 is 11.3 Å². The molecule has 0 fully saturated rings. The summed E-state index contributed by atoms with van der Waals surface area (Å²) in [5, 5.41) is 6.83. The van der Waals surface area contributed by atoms with Gasteiger partial charge in [-0.25, -0.2) is 4.98 Å². The summed E-state index contributed by atoms with van der Waals surface area (Å²) in [5.74, 6) is 1.43. The smallest absolute Gasteiger partial charge is 0.124 e. The topological polar surface area (TPSA) is 34.2 Å². The highest BCUT2D eigenvalue weighted by atomic mass is 32.1. The van der Waals surface area contributed by atoms with Crippen molar-refractivity contribution in [2.24, 2.45) is 0 Å². The highest BCUT2D eigenvalue weighted by Gasteiger charge is 2.40. The first-order valence-corrected chi connectivity index (χ1v) is 7.92. The first-order valence-electron chi connectivity index (χ1n) is 7.04. The van der Waals surface area contributed by atoms with E-state index in [4.69, 9.17) is 9.72 Å². The van der Waals surface area contributed by atoms with Crippen LogP contribution in [0.25, 0.3) is 0 Å². The summed E-state index contributed by atoms with van der Waals surface area (Å²) in [6.07, 6.45) is 0.908. The normalized spacial score (nSPS) is 21.6. The van der Waals surface area contributed by atoms with Gasteiger partial charge in [-0.2, -0.15) is 0 Å². The Morgan fingerprint density at radius 2 is 2.15 bits per heavy atom. The molecule has 1 unspecified atom stereocenters. The van der Waals surface area contributed by atoms with Gasteiger partial charge >= 0.3 is 0 Å². The van der Waals surface area contributed by atoms with Crippen molar-refractivity contribution in [3.63, 3.8) is 0 Å². The maximum Gasteiger partial charge on any atom is 0.124 e. The summed E-state index contributed by atoms with van der Waals surface area (Å²) in [6, 6.07) is 8.27. The highest BCUT2D eigenvalue weighted by Crippen LogP contribution is 2.42. The second-order valence-corrected chi connectivity index (χ2v) is 6.34. The van der Waals surface area contributed by atoms with Crippen molar-refractivity contribution < 1.29 is 4.74 Å². The summed E-state index contributed by atoms with van der Waals surface area (Å²) in [5.41, 5.74) is 2.15. The van der Waals surface area contributed by atoms with Crippen molar-refractivity contribution in [1.82, 2.24) is 10.3 Å². The summed E-state index contributed by atoms with van der Waals surface area (Å²) in [6.45, 7) is 5.08. The summed E-state index contributed by atoms with van der Waals surface area (Å²) in [4.78, 5) is 4.88. The number of aromatic nitrogens is 1. The summed E-state index contributed by atoms with van der Waals surface area (Å²) in [7, 11) is 2.01. The van der Waals surface area contributed by atoms with Crippen molar-refractivity contribution in [2.45, 2.75) is 31.7 Å². The third-order valence-electron chi connectivity index (χ3n) is 3.99. The Bertz CT molecular complexity index is 608. The van der Waals surface area contributed by atoms with Crippen molar-refractivity contribution in [1.29, 1.82) is 0 Å². The van der Waals surface area contributed by atoms with E-state index in [1.54, 1.807) is 11.3 Å². The van der Waals surface area contributed by atoms with E-state index in [1.165, 1.54) is 11.3 Å².